The van der Waals surface area contributed by atoms with Gasteiger partial charge in [0.25, 0.3) is 5.91 Å². The Balaban J connectivity index is 1.74. The molecule has 7 nitrogen and oxygen atoms in total. The molecule has 3 rings (SSSR count). The lowest BCUT2D eigenvalue weighted by molar-refractivity contribution is 0.0951. The molecule has 0 aliphatic heterocycles. The minimum atomic E-state index is -0.252. The molecule has 3 aromatic heterocycles. The third-order valence-corrected chi connectivity index (χ3v) is 3.18. The summed E-state index contributed by atoms with van der Waals surface area (Å²) in [6.45, 7) is 4.37. The van der Waals surface area contributed by atoms with Crippen molar-refractivity contribution in [2.45, 2.75) is 26.3 Å². The highest BCUT2D eigenvalue weighted by molar-refractivity contribution is 6.04. The number of rotatable bonds is 4. The fourth-order valence-electron chi connectivity index (χ4n) is 2.01. The molecule has 0 unspecified atom stereocenters. The lowest BCUT2D eigenvalue weighted by Gasteiger charge is -2.07. The molecule has 0 spiro atoms. The summed E-state index contributed by atoms with van der Waals surface area (Å²) in [7, 11) is 0. The normalized spacial score (nSPS) is 11.0. The van der Waals surface area contributed by atoms with E-state index in [4.69, 9.17) is 4.42 Å². The van der Waals surface area contributed by atoms with Crippen molar-refractivity contribution in [3.05, 3.63) is 48.1 Å². The van der Waals surface area contributed by atoms with Crippen LogP contribution in [-0.4, -0.2) is 25.8 Å². The minimum absolute atomic E-state index is 0.241. The smallest absolute Gasteiger partial charge is 0.255 e. The van der Waals surface area contributed by atoms with Crippen LogP contribution < -0.4 is 5.32 Å². The Morgan fingerprint density at radius 1 is 1.36 bits per heavy atom. The first-order valence-electron chi connectivity index (χ1n) is 6.92. The highest BCUT2D eigenvalue weighted by atomic mass is 16.3. The van der Waals surface area contributed by atoms with E-state index in [-0.39, 0.29) is 11.8 Å². The molecular weight excluding hydrogens is 282 g/mol. The molecule has 0 saturated carbocycles. The van der Waals surface area contributed by atoms with Gasteiger partial charge in [0, 0.05) is 18.3 Å². The van der Waals surface area contributed by atoms with Crippen LogP contribution in [0.1, 0.15) is 41.6 Å². The predicted molar refractivity (Wildman–Crippen MR) is 79.1 cm³/mol. The fourth-order valence-corrected chi connectivity index (χ4v) is 2.01. The number of hydrogen-bond donors (Lipinski definition) is 1. The maximum atomic E-state index is 12.2. The van der Waals surface area contributed by atoms with Crippen molar-refractivity contribution in [1.82, 2.24) is 25.3 Å². The number of amides is 1. The highest BCUT2D eigenvalue weighted by Gasteiger charge is 2.14. The molecule has 1 N–H and O–H groups in total. The standard InChI is InChI=1S/C15H15N5O2/c1-9(2)13-17-4-3-10(20-13)5-18-14(21)12-7-22-15-11(12)6-16-8-19-15/h3-4,6-9H,5H2,1-2H3,(H,18,21). The van der Waals surface area contributed by atoms with Gasteiger partial charge in [-0.1, -0.05) is 13.8 Å². The molecule has 0 radical (unpaired) electrons. The number of carbonyl (C=O) groups excluding carboxylic acids is 1. The second-order valence-corrected chi connectivity index (χ2v) is 5.13. The third kappa shape index (κ3) is 2.78. The van der Waals surface area contributed by atoms with Gasteiger partial charge in [0.2, 0.25) is 5.71 Å². The predicted octanol–water partition coefficient (Wildman–Crippen LogP) is 2.07. The summed E-state index contributed by atoms with van der Waals surface area (Å²) in [6, 6.07) is 1.78. The van der Waals surface area contributed by atoms with E-state index in [0.29, 0.717) is 23.2 Å². The second-order valence-electron chi connectivity index (χ2n) is 5.13. The Kier molecular flexibility index (Phi) is 3.78. The van der Waals surface area contributed by atoms with E-state index in [0.717, 1.165) is 11.5 Å². The van der Waals surface area contributed by atoms with Crippen LogP contribution in [-0.2, 0) is 6.54 Å². The minimum Gasteiger partial charge on any atom is -0.445 e. The van der Waals surface area contributed by atoms with Gasteiger partial charge in [0.1, 0.15) is 18.4 Å². The van der Waals surface area contributed by atoms with Crippen LogP contribution in [0.2, 0.25) is 0 Å². The first-order valence-corrected chi connectivity index (χ1v) is 6.92. The van der Waals surface area contributed by atoms with Crippen LogP contribution in [0.15, 0.2) is 35.5 Å². The van der Waals surface area contributed by atoms with Crippen molar-refractivity contribution >= 4 is 17.0 Å². The molecule has 0 aliphatic carbocycles. The Hall–Kier alpha value is -2.83. The van der Waals surface area contributed by atoms with Crippen LogP contribution in [0.3, 0.4) is 0 Å². The van der Waals surface area contributed by atoms with E-state index in [2.05, 4.69) is 25.3 Å². The number of carbonyl (C=O) groups is 1. The number of hydrogen-bond acceptors (Lipinski definition) is 6. The second kappa shape index (κ2) is 5.88. The molecule has 112 valence electrons. The summed E-state index contributed by atoms with van der Waals surface area (Å²) in [4.78, 5) is 28.7. The molecule has 0 aliphatic rings. The van der Waals surface area contributed by atoms with Gasteiger partial charge < -0.3 is 9.73 Å². The van der Waals surface area contributed by atoms with Crippen molar-refractivity contribution < 1.29 is 9.21 Å². The van der Waals surface area contributed by atoms with Crippen LogP contribution >= 0.6 is 0 Å². The zero-order chi connectivity index (χ0) is 15.5. The topological polar surface area (TPSA) is 93.8 Å². The Morgan fingerprint density at radius 2 is 2.23 bits per heavy atom. The van der Waals surface area contributed by atoms with Crippen molar-refractivity contribution in [2.24, 2.45) is 0 Å². The van der Waals surface area contributed by atoms with Crippen LogP contribution in [0.25, 0.3) is 11.1 Å². The zero-order valence-electron chi connectivity index (χ0n) is 12.3. The molecule has 1 amide bonds. The van der Waals surface area contributed by atoms with Gasteiger partial charge in [-0.05, 0) is 6.07 Å². The van der Waals surface area contributed by atoms with Gasteiger partial charge in [-0.25, -0.2) is 19.9 Å². The molecule has 7 heteroatoms. The van der Waals surface area contributed by atoms with Gasteiger partial charge in [-0.3, -0.25) is 4.79 Å². The van der Waals surface area contributed by atoms with Crippen molar-refractivity contribution in [2.75, 3.05) is 0 Å². The SMILES string of the molecule is CC(C)c1nccc(CNC(=O)c2coc3ncncc23)n1. The number of furan rings is 1. The van der Waals surface area contributed by atoms with E-state index in [9.17, 15) is 4.79 Å². The molecule has 22 heavy (non-hydrogen) atoms. The molecule has 0 bridgehead atoms. The average molecular weight is 297 g/mol. The molecule has 3 heterocycles. The number of nitrogens with one attached hydrogen (secondary N) is 1. The van der Waals surface area contributed by atoms with Gasteiger partial charge in [0.15, 0.2) is 0 Å². The lowest BCUT2D eigenvalue weighted by Crippen LogP contribution is -2.23. The van der Waals surface area contributed by atoms with Gasteiger partial charge in [-0.2, -0.15) is 0 Å². The Morgan fingerprint density at radius 3 is 3.05 bits per heavy atom. The largest absolute Gasteiger partial charge is 0.445 e. The number of aromatic nitrogens is 4. The van der Waals surface area contributed by atoms with E-state index < -0.39 is 0 Å². The molecular formula is C15H15N5O2. The number of fused-ring (bicyclic) bond motifs is 1. The average Bonchev–Trinajstić information content (AvgIpc) is 2.97. The van der Waals surface area contributed by atoms with E-state index in [1.165, 1.54) is 12.6 Å². The Bertz CT molecular complexity index is 812. The molecule has 0 fully saturated rings. The number of nitrogens with zero attached hydrogens (tertiary/aromatic N) is 4. The summed E-state index contributed by atoms with van der Waals surface area (Å²) < 4.78 is 5.24. The van der Waals surface area contributed by atoms with Gasteiger partial charge in [0.05, 0.1) is 23.2 Å². The quantitative estimate of drug-likeness (QED) is 0.792. The third-order valence-electron chi connectivity index (χ3n) is 3.18. The van der Waals surface area contributed by atoms with Crippen LogP contribution in [0.5, 0.6) is 0 Å². The van der Waals surface area contributed by atoms with Crippen LogP contribution in [0, 0.1) is 0 Å². The first kappa shape index (κ1) is 14.1. The summed E-state index contributed by atoms with van der Waals surface area (Å²) in [5.41, 5.74) is 1.56. The summed E-state index contributed by atoms with van der Waals surface area (Å²) in [5, 5.41) is 3.40. The highest BCUT2D eigenvalue weighted by Crippen LogP contribution is 2.17. The zero-order valence-corrected chi connectivity index (χ0v) is 12.3. The van der Waals surface area contributed by atoms with Crippen molar-refractivity contribution in [3.8, 4) is 0 Å². The Labute approximate surface area is 126 Å². The van der Waals surface area contributed by atoms with Crippen LogP contribution in [0.4, 0.5) is 0 Å². The summed E-state index contributed by atoms with van der Waals surface area (Å²) in [5.74, 6) is 0.748. The summed E-state index contributed by atoms with van der Waals surface area (Å²) >= 11 is 0. The van der Waals surface area contributed by atoms with Crippen molar-refractivity contribution in [3.63, 3.8) is 0 Å². The monoisotopic (exact) mass is 297 g/mol. The molecule has 0 saturated heterocycles. The van der Waals surface area contributed by atoms with Crippen molar-refractivity contribution in [1.29, 1.82) is 0 Å². The van der Waals surface area contributed by atoms with E-state index in [1.54, 1.807) is 18.5 Å². The maximum Gasteiger partial charge on any atom is 0.255 e. The van der Waals surface area contributed by atoms with Gasteiger partial charge >= 0.3 is 0 Å². The first-order chi connectivity index (χ1) is 10.6. The van der Waals surface area contributed by atoms with E-state index in [1.807, 2.05) is 13.8 Å². The van der Waals surface area contributed by atoms with E-state index >= 15 is 0 Å². The molecule has 0 aromatic carbocycles. The van der Waals surface area contributed by atoms with Gasteiger partial charge in [-0.15, -0.1) is 0 Å². The maximum absolute atomic E-state index is 12.2. The fraction of sp³-hybridized carbons (Fsp3) is 0.267. The molecule has 3 aromatic rings. The summed E-state index contributed by atoms with van der Waals surface area (Å²) in [6.07, 6.45) is 6.02. The lowest BCUT2D eigenvalue weighted by atomic mass is 10.2. The molecule has 0 atom stereocenters.